The van der Waals surface area contributed by atoms with Crippen LogP contribution in [0.25, 0.3) is 11.3 Å². The second-order valence-corrected chi connectivity index (χ2v) is 3.45. The van der Waals surface area contributed by atoms with Crippen molar-refractivity contribution >= 4 is 15.9 Å². The van der Waals surface area contributed by atoms with Crippen molar-refractivity contribution in [2.24, 2.45) is 0 Å². The number of halogens is 1. The number of nitrogens with zero attached hydrogens (tertiary/aromatic N) is 1. The monoisotopic (exact) mass is 232 g/mol. The summed E-state index contributed by atoms with van der Waals surface area (Å²) in [6, 6.07) is 16.6. The quantitative estimate of drug-likeness (QED) is 0.688. The van der Waals surface area contributed by atoms with Crippen LogP contribution in [-0.2, 0) is 0 Å². The Labute approximate surface area is 85.6 Å². The van der Waals surface area contributed by atoms with E-state index in [2.05, 4.69) is 27.0 Å². The average molecular weight is 233 g/mol. The number of rotatable bonds is 1. The molecule has 0 amide bonds. The molecule has 0 atom stereocenters. The molecule has 0 bridgehead atoms. The van der Waals surface area contributed by atoms with Crippen LogP contribution >= 0.6 is 15.9 Å². The summed E-state index contributed by atoms with van der Waals surface area (Å²) in [6.07, 6.45) is 0. The van der Waals surface area contributed by atoms with Gasteiger partial charge in [0.15, 0.2) is 0 Å². The molecule has 63 valence electrons. The van der Waals surface area contributed by atoms with Crippen LogP contribution in [0.2, 0.25) is 0 Å². The van der Waals surface area contributed by atoms with Gasteiger partial charge in [0.2, 0.25) is 0 Å². The lowest BCUT2D eigenvalue weighted by molar-refractivity contribution is 1.28. The molecule has 0 spiro atoms. The van der Waals surface area contributed by atoms with E-state index >= 15 is 0 Å². The molecule has 1 heterocycles. The summed E-state index contributed by atoms with van der Waals surface area (Å²) in [5.41, 5.74) is 2.09. The normalized spacial score (nSPS) is 9.92. The third-order valence-electron chi connectivity index (χ3n) is 1.73. The fourth-order valence-electron chi connectivity index (χ4n) is 1.13. The maximum Gasteiger partial charge on any atom is 0.106 e. The Hall–Kier alpha value is -1.15. The molecule has 0 aliphatic heterocycles. The molecule has 0 aliphatic rings. The molecular weight excluding hydrogens is 226 g/mol. The van der Waals surface area contributed by atoms with Crippen LogP contribution in [-0.4, -0.2) is 4.98 Å². The Morgan fingerprint density at radius 3 is 2.54 bits per heavy atom. The van der Waals surface area contributed by atoms with Crippen LogP contribution in [0.1, 0.15) is 0 Å². The SMILES string of the molecule is Brc1cccc(-c2cc[c]cc2)n1. The molecule has 0 aliphatic carbocycles. The molecule has 2 aromatic rings. The van der Waals surface area contributed by atoms with Gasteiger partial charge >= 0.3 is 0 Å². The highest BCUT2D eigenvalue weighted by Crippen LogP contribution is 2.17. The molecule has 1 aromatic heterocycles. The lowest BCUT2D eigenvalue weighted by Gasteiger charge is -1.99. The number of pyridine rings is 1. The summed E-state index contributed by atoms with van der Waals surface area (Å²) >= 11 is 3.34. The van der Waals surface area contributed by atoms with Gasteiger partial charge in [-0.05, 0) is 34.1 Å². The Morgan fingerprint density at radius 2 is 1.85 bits per heavy atom. The maximum atomic E-state index is 4.35. The van der Waals surface area contributed by atoms with Crippen LogP contribution in [0.3, 0.4) is 0 Å². The van der Waals surface area contributed by atoms with Gasteiger partial charge in [0.05, 0.1) is 5.69 Å². The van der Waals surface area contributed by atoms with Gasteiger partial charge in [0.1, 0.15) is 4.60 Å². The van der Waals surface area contributed by atoms with Crippen LogP contribution in [0, 0.1) is 6.07 Å². The zero-order valence-electron chi connectivity index (χ0n) is 6.87. The van der Waals surface area contributed by atoms with Crippen molar-refractivity contribution in [1.29, 1.82) is 0 Å². The minimum atomic E-state index is 0.859. The first kappa shape index (κ1) is 8.45. The predicted octanol–water partition coefficient (Wildman–Crippen LogP) is 3.31. The highest BCUT2D eigenvalue weighted by Gasteiger charge is 1.97. The van der Waals surface area contributed by atoms with Gasteiger partial charge in [-0.25, -0.2) is 4.98 Å². The lowest BCUT2D eigenvalue weighted by atomic mass is 10.1. The second kappa shape index (κ2) is 3.71. The van der Waals surface area contributed by atoms with Crippen molar-refractivity contribution in [3.63, 3.8) is 0 Å². The minimum Gasteiger partial charge on any atom is -0.241 e. The van der Waals surface area contributed by atoms with E-state index in [4.69, 9.17) is 0 Å². The summed E-state index contributed by atoms with van der Waals surface area (Å²) in [5.74, 6) is 0. The van der Waals surface area contributed by atoms with Crippen molar-refractivity contribution < 1.29 is 0 Å². The molecule has 0 N–H and O–H groups in total. The van der Waals surface area contributed by atoms with E-state index in [9.17, 15) is 0 Å². The van der Waals surface area contributed by atoms with Crippen molar-refractivity contribution in [2.45, 2.75) is 0 Å². The van der Waals surface area contributed by atoms with E-state index < -0.39 is 0 Å². The molecule has 0 fully saturated rings. The Bertz CT molecular complexity index is 398. The lowest BCUT2D eigenvalue weighted by Crippen LogP contribution is -1.82. The molecule has 1 aromatic carbocycles. The van der Waals surface area contributed by atoms with E-state index in [1.54, 1.807) is 0 Å². The fraction of sp³-hybridized carbons (Fsp3) is 0. The van der Waals surface area contributed by atoms with E-state index in [0.29, 0.717) is 0 Å². The summed E-state index contributed by atoms with van der Waals surface area (Å²) in [6.45, 7) is 0. The molecular formula is C11H7BrN. The highest BCUT2D eigenvalue weighted by atomic mass is 79.9. The molecule has 0 unspecified atom stereocenters. The highest BCUT2D eigenvalue weighted by molar-refractivity contribution is 9.10. The van der Waals surface area contributed by atoms with Gasteiger partial charge < -0.3 is 0 Å². The molecule has 2 rings (SSSR count). The fourth-order valence-corrected chi connectivity index (χ4v) is 1.47. The average Bonchev–Trinajstić information content (AvgIpc) is 2.19. The minimum absolute atomic E-state index is 0.859. The predicted molar refractivity (Wildman–Crippen MR) is 56.2 cm³/mol. The summed E-state index contributed by atoms with van der Waals surface area (Å²) in [4.78, 5) is 4.35. The van der Waals surface area contributed by atoms with Crippen LogP contribution in [0.5, 0.6) is 0 Å². The smallest absolute Gasteiger partial charge is 0.106 e. The van der Waals surface area contributed by atoms with E-state index in [1.807, 2.05) is 42.5 Å². The molecule has 0 saturated carbocycles. The largest absolute Gasteiger partial charge is 0.241 e. The number of benzene rings is 1. The molecule has 13 heavy (non-hydrogen) atoms. The Balaban J connectivity index is 2.48. The van der Waals surface area contributed by atoms with Crippen LogP contribution in [0.15, 0.2) is 47.1 Å². The van der Waals surface area contributed by atoms with Crippen LogP contribution < -0.4 is 0 Å². The standard InChI is InChI=1S/C11H7BrN/c12-11-8-4-7-10(13-11)9-5-2-1-3-6-9/h2-8H. The summed E-state index contributed by atoms with van der Waals surface area (Å²) in [5, 5.41) is 0. The zero-order valence-corrected chi connectivity index (χ0v) is 8.45. The zero-order chi connectivity index (χ0) is 9.10. The first-order valence-electron chi connectivity index (χ1n) is 3.95. The topological polar surface area (TPSA) is 12.9 Å². The van der Waals surface area contributed by atoms with Gasteiger partial charge in [-0.15, -0.1) is 0 Å². The van der Waals surface area contributed by atoms with Gasteiger partial charge in [0, 0.05) is 5.56 Å². The maximum absolute atomic E-state index is 4.35. The molecule has 0 saturated heterocycles. The van der Waals surface area contributed by atoms with Gasteiger partial charge in [-0.2, -0.15) is 0 Å². The van der Waals surface area contributed by atoms with Gasteiger partial charge in [-0.1, -0.05) is 30.3 Å². The summed E-state index contributed by atoms with van der Waals surface area (Å²) in [7, 11) is 0. The first-order chi connectivity index (χ1) is 6.36. The van der Waals surface area contributed by atoms with E-state index in [1.165, 1.54) is 0 Å². The first-order valence-corrected chi connectivity index (χ1v) is 4.74. The van der Waals surface area contributed by atoms with Gasteiger partial charge in [-0.3, -0.25) is 0 Å². The van der Waals surface area contributed by atoms with E-state index in [0.717, 1.165) is 15.9 Å². The Morgan fingerprint density at radius 1 is 1.08 bits per heavy atom. The summed E-state index contributed by atoms with van der Waals surface area (Å²) < 4.78 is 0.859. The second-order valence-electron chi connectivity index (χ2n) is 2.63. The molecule has 1 radical (unpaired) electrons. The number of hydrogen-bond acceptors (Lipinski definition) is 1. The number of hydrogen-bond donors (Lipinski definition) is 0. The van der Waals surface area contributed by atoms with Crippen molar-refractivity contribution in [2.75, 3.05) is 0 Å². The Kier molecular flexibility index (Phi) is 2.41. The van der Waals surface area contributed by atoms with Crippen molar-refractivity contribution in [1.82, 2.24) is 4.98 Å². The number of aromatic nitrogens is 1. The molecule has 2 heteroatoms. The van der Waals surface area contributed by atoms with E-state index in [-0.39, 0.29) is 0 Å². The van der Waals surface area contributed by atoms with Crippen molar-refractivity contribution in [3.05, 3.63) is 53.1 Å². The van der Waals surface area contributed by atoms with Gasteiger partial charge in [0.25, 0.3) is 0 Å². The van der Waals surface area contributed by atoms with Crippen molar-refractivity contribution in [3.8, 4) is 11.3 Å². The third-order valence-corrected chi connectivity index (χ3v) is 2.17. The van der Waals surface area contributed by atoms with Crippen LogP contribution in [0.4, 0.5) is 0 Å². The molecule has 1 nitrogen and oxygen atoms in total. The third kappa shape index (κ3) is 1.95.